The topological polar surface area (TPSA) is 57.8 Å². The smallest absolute Gasteiger partial charge is 0.307 e. The fourth-order valence-corrected chi connectivity index (χ4v) is 4.16. The molecule has 5 nitrogen and oxygen atoms in total. The molecule has 2 heterocycles. The Morgan fingerprint density at radius 3 is 2.81 bits per heavy atom. The third-order valence-electron chi connectivity index (χ3n) is 4.94. The number of carbonyl (C=O) groups is 1. The normalized spacial score (nSPS) is 19.0. The van der Waals surface area contributed by atoms with Crippen molar-refractivity contribution in [1.82, 2.24) is 5.43 Å². The van der Waals surface area contributed by atoms with Crippen LogP contribution in [0.4, 0.5) is 5.69 Å². The van der Waals surface area contributed by atoms with Crippen molar-refractivity contribution in [3.63, 3.8) is 0 Å². The third-order valence-corrected chi connectivity index (χ3v) is 4.94. The third kappa shape index (κ3) is 3.52. The second-order valence-corrected chi connectivity index (χ2v) is 7.88. The molecule has 5 heteroatoms. The van der Waals surface area contributed by atoms with Crippen LogP contribution in [0.2, 0.25) is 0 Å². The minimum absolute atomic E-state index is 0.132. The standard InChI is InChI=1S/C21H27N3O2/c1-14(2)24-18-9-8-16(11-17(18)15(3)12-21(24,4)5)13-22-23-20(25)19-7-6-10-26-19/h6-11,13-15H,12H2,1-5H3,(H,23,25)/b22-13+/t15-/m0/s1. The Bertz CT molecular complexity index is 807. The van der Waals surface area contributed by atoms with Gasteiger partial charge in [0.15, 0.2) is 5.76 Å². The van der Waals surface area contributed by atoms with Crippen LogP contribution in [-0.4, -0.2) is 23.7 Å². The first-order chi connectivity index (χ1) is 12.3. The van der Waals surface area contributed by atoms with Gasteiger partial charge in [0.2, 0.25) is 0 Å². The lowest BCUT2D eigenvalue weighted by molar-refractivity contribution is 0.0927. The van der Waals surface area contributed by atoms with E-state index in [2.05, 4.69) is 62.2 Å². The van der Waals surface area contributed by atoms with Crippen molar-refractivity contribution in [1.29, 1.82) is 0 Å². The molecule has 1 aromatic heterocycles. The van der Waals surface area contributed by atoms with E-state index in [0.29, 0.717) is 12.0 Å². The zero-order valence-electron chi connectivity index (χ0n) is 16.1. The van der Waals surface area contributed by atoms with Crippen molar-refractivity contribution < 1.29 is 9.21 Å². The van der Waals surface area contributed by atoms with E-state index in [1.165, 1.54) is 17.5 Å². The number of benzene rings is 1. The van der Waals surface area contributed by atoms with Crippen LogP contribution in [0.3, 0.4) is 0 Å². The summed E-state index contributed by atoms with van der Waals surface area (Å²) in [6.45, 7) is 11.4. The predicted octanol–water partition coefficient (Wildman–Crippen LogP) is 4.54. The Labute approximate surface area is 155 Å². The zero-order chi connectivity index (χ0) is 18.9. The van der Waals surface area contributed by atoms with Gasteiger partial charge in [-0.1, -0.05) is 13.0 Å². The Balaban J connectivity index is 1.81. The first kappa shape index (κ1) is 18.2. The number of rotatable bonds is 4. The number of carbonyl (C=O) groups excluding carboxylic acids is 1. The van der Waals surface area contributed by atoms with Gasteiger partial charge >= 0.3 is 5.91 Å². The molecule has 138 valence electrons. The van der Waals surface area contributed by atoms with Gasteiger partial charge in [-0.25, -0.2) is 5.43 Å². The number of hydrogen-bond acceptors (Lipinski definition) is 4. The molecule has 1 N–H and O–H groups in total. The van der Waals surface area contributed by atoms with Crippen LogP contribution in [0.25, 0.3) is 0 Å². The van der Waals surface area contributed by atoms with Gasteiger partial charge in [0.1, 0.15) is 0 Å². The molecular weight excluding hydrogens is 326 g/mol. The average molecular weight is 353 g/mol. The Morgan fingerprint density at radius 2 is 2.15 bits per heavy atom. The van der Waals surface area contributed by atoms with Gasteiger partial charge < -0.3 is 9.32 Å². The van der Waals surface area contributed by atoms with Crippen LogP contribution in [0.15, 0.2) is 46.1 Å². The summed E-state index contributed by atoms with van der Waals surface area (Å²) in [5.74, 6) is 0.363. The number of hydrazone groups is 1. The van der Waals surface area contributed by atoms with E-state index >= 15 is 0 Å². The molecule has 0 fully saturated rings. The second kappa shape index (κ2) is 6.98. The molecule has 0 bridgehead atoms. The Hall–Kier alpha value is -2.56. The Morgan fingerprint density at radius 1 is 1.38 bits per heavy atom. The molecule has 1 aliphatic heterocycles. The van der Waals surface area contributed by atoms with E-state index in [9.17, 15) is 4.79 Å². The van der Waals surface area contributed by atoms with Crippen molar-refractivity contribution in [2.45, 2.75) is 58.5 Å². The van der Waals surface area contributed by atoms with E-state index in [-0.39, 0.29) is 17.2 Å². The maximum absolute atomic E-state index is 11.8. The van der Waals surface area contributed by atoms with Crippen molar-refractivity contribution in [2.24, 2.45) is 5.10 Å². The lowest BCUT2D eigenvalue weighted by Gasteiger charge is -2.50. The molecule has 1 amide bonds. The van der Waals surface area contributed by atoms with E-state index < -0.39 is 0 Å². The first-order valence-corrected chi connectivity index (χ1v) is 9.10. The molecular formula is C21H27N3O2. The van der Waals surface area contributed by atoms with Crippen LogP contribution < -0.4 is 10.3 Å². The minimum atomic E-state index is -0.356. The van der Waals surface area contributed by atoms with Gasteiger partial charge in [-0.2, -0.15) is 5.10 Å². The number of anilines is 1. The molecule has 1 aliphatic rings. The Kier molecular flexibility index (Phi) is 4.90. The molecule has 2 aromatic rings. The summed E-state index contributed by atoms with van der Waals surface area (Å²) >= 11 is 0. The van der Waals surface area contributed by atoms with E-state index in [1.54, 1.807) is 18.3 Å². The fourth-order valence-electron chi connectivity index (χ4n) is 4.16. The molecule has 0 aliphatic carbocycles. The molecule has 1 atom stereocenters. The van der Waals surface area contributed by atoms with Crippen molar-refractivity contribution in [2.75, 3.05) is 4.90 Å². The van der Waals surface area contributed by atoms with E-state index in [1.807, 2.05) is 6.07 Å². The average Bonchev–Trinajstić information content (AvgIpc) is 3.08. The number of fused-ring (bicyclic) bond motifs is 1. The largest absolute Gasteiger partial charge is 0.459 e. The monoisotopic (exact) mass is 353 g/mol. The summed E-state index contributed by atoms with van der Waals surface area (Å²) in [4.78, 5) is 14.3. The van der Waals surface area contributed by atoms with Gasteiger partial charge in [-0.3, -0.25) is 4.79 Å². The van der Waals surface area contributed by atoms with Gasteiger partial charge in [0, 0.05) is 17.3 Å². The zero-order valence-corrected chi connectivity index (χ0v) is 16.1. The molecule has 0 saturated carbocycles. The van der Waals surface area contributed by atoms with E-state index in [4.69, 9.17) is 4.42 Å². The van der Waals surface area contributed by atoms with Crippen LogP contribution in [0, 0.1) is 0 Å². The maximum Gasteiger partial charge on any atom is 0.307 e. The van der Waals surface area contributed by atoms with Gasteiger partial charge in [-0.15, -0.1) is 0 Å². The van der Waals surface area contributed by atoms with Crippen LogP contribution in [0.5, 0.6) is 0 Å². The number of nitrogens with one attached hydrogen (secondary N) is 1. The molecule has 0 saturated heterocycles. The van der Waals surface area contributed by atoms with Crippen LogP contribution >= 0.6 is 0 Å². The summed E-state index contributed by atoms with van der Waals surface area (Å²) in [6, 6.07) is 10.1. The van der Waals surface area contributed by atoms with Crippen LogP contribution in [-0.2, 0) is 0 Å². The molecule has 0 spiro atoms. The minimum Gasteiger partial charge on any atom is -0.459 e. The molecule has 0 radical (unpaired) electrons. The second-order valence-electron chi connectivity index (χ2n) is 7.88. The van der Waals surface area contributed by atoms with Gasteiger partial charge in [0.25, 0.3) is 0 Å². The number of amides is 1. The predicted molar refractivity (Wildman–Crippen MR) is 105 cm³/mol. The van der Waals surface area contributed by atoms with Crippen molar-refractivity contribution in [3.8, 4) is 0 Å². The highest BCUT2D eigenvalue weighted by molar-refractivity contribution is 5.92. The highest BCUT2D eigenvalue weighted by Gasteiger charge is 2.37. The van der Waals surface area contributed by atoms with E-state index in [0.717, 1.165) is 12.0 Å². The number of nitrogens with zero attached hydrogens (tertiary/aromatic N) is 2. The fraction of sp³-hybridized carbons (Fsp3) is 0.429. The maximum atomic E-state index is 11.8. The van der Waals surface area contributed by atoms with Gasteiger partial charge in [0.05, 0.1) is 12.5 Å². The van der Waals surface area contributed by atoms with Crippen molar-refractivity contribution >= 4 is 17.8 Å². The molecule has 3 rings (SSSR count). The number of furan rings is 1. The lowest BCUT2D eigenvalue weighted by Crippen LogP contribution is -2.51. The molecule has 0 unspecified atom stereocenters. The summed E-state index contributed by atoms with van der Waals surface area (Å²) in [5, 5.41) is 4.06. The molecule has 1 aromatic carbocycles. The summed E-state index contributed by atoms with van der Waals surface area (Å²) in [5.41, 5.74) is 6.22. The number of hydrogen-bond donors (Lipinski definition) is 1. The first-order valence-electron chi connectivity index (χ1n) is 9.10. The highest BCUT2D eigenvalue weighted by atomic mass is 16.3. The quantitative estimate of drug-likeness (QED) is 0.648. The summed E-state index contributed by atoms with van der Waals surface area (Å²) in [6.07, 6.45) is 4.24. The van der Waals surface area contributed by atoms with Crippen LogP contribution in [0.1, 0.15) is 68.6 Å². The highest BCUT2D eigenvalue weighted by Crippen LogP contribution is 2.44. The van der Waals surface area contributed by atoms with Crippen molar-refractivity contribution in [3.05, 3.63) is 53.5 Å². The summed E-state index contributed by atoms with van der Waals surface area (Å²) in [7, 11) is 0. The molecule has 26 heavy (non-hydrogen) atoms. The lowest BCUT2D eigenvalue weighted by atomic mass is 9.79. The SMILES string of the molecule is CC(C)N1c2ccc(/C=N/NC(=O)c3ccco3)cc2[C@@H](C)CC1(C)C. The van der Waals surface area contributed by atoms with Gasteiger partial charge in [-0.05, 0) is 75.4 Å². The summed E-state index contributed by atoms with van der Waals surface area (Å²) < 4.78 is 5.05.